The van der Waals surface area contributed by atoms with E-state index in [1.54, 1.807) is 0 Å². The van der Waals surface area contributed by atoms with E-state index in [0.717, 1.165) is 17.6 Å². The van der Waals surface area contributed by atoms with Gasteiger partial charge in [-0.15, -0.1) is 0 Å². The highest BCUT2D eigenvalue weighted by Crippen LogP contribution is 2.21. The summed E-state index contributed by atoms with van der Waals surface area (Å²) in [4.78, 5) is 0. The second-order valence-corrected chi connectivity index (χ2v) is 6.74. The van der Waals surface area contributed by atoms with Crippen LogP contribution < -0.4 is 5.32 Å². The summed E-state index contributed by atoms with van der Waals surface area (Å²) in [5, 5.41) is 3.45. The van der Waals surface area contributed by atoms with E-state index in [2.05, 4.69) is 5.32 Å². The van der Waals surface area contributed by atoms with Gasteiger partial charge in [0, 0.05) is 41.2 Å². The van der Waals surface area contributed by atoms with Gasteiger partial charge in [0.05, 0.1) is 0 Å². The number of rotatable bonds is 3. The molecule has 1 aromatic rings. The van der Waals surface area contributed by atoms with Gasteiger partial charge in [0.25, 0.3) is 0 Å². The Hall–Kier alpha value is -0.260. The Balaban J connectivity index is 1.99. The van der Waals surface area contributed by atoms with Crippen molar-refractivity contribution < 1.29 is 8.78 Å². The fourth-order valence-electron chi connectivity index (χ4n) is 1.99. The third kappa shape index (κ3) is 4.14. The van der Waals surface area contributed by atoms with Crippen molar-refractivity contribution in [3.8, 4) is 0 Å². The van der Waals surface area contributed by atoms with Crippen molar-refractivity contribution in [2.75, 3.05) is 23.0 Å². The summed E-state index contributed by atoms with van der Waals surface area (Å²) in [6.45, 7) is 1.95. The Morgan fingerprint density at radius 2 is 1.67 bits per heavy atom. The zero-order valence-corrected chi connectivity index (χ0v) is 11.9. The van der Waals surface area contributed by atoms with E-state index in [0.29, 0.717) is 11.6 Å². The Labute approximate surface area is 115 Å². The van der Waals surface area contributed by atoms with Gasteiger partial charge in [-0.1, -0.05) is 0 Å². The van der Waals surface area contributed by atoms with Gasteiger partial charge >= 0.3 is 0 Å². The maximum Gasteiger partial charge on any atom is 0.126 e. The molecule has 0 radical (unpaired) electrons. The van der Waals surface area contributed by atoms with Crippen molar-refractivity contribution in [1.29, 1.82) is 0 Å². The smallest absolute Gasteiger partial charge is 0.126 e. The van der Waals surface area contributed by atoms with Crippen LogP contribution in [0.5, 0.6) is 0 Å². The maximum absolute atomic E-state index is 13.2. The molecule has 1 atom stereocenters. The first-order valence-corrected chi connectivity index (χ1v) is 8.33. The third-order valence-corrected chi connectivity index (χ3v) is 5.40. The molecule has 0 spiro atoms. The number of hydrogen-bond donors (Lipinski definition) is 1. The molecule has 1 N–H and O–H groups in total. The molecule has 2 rings (SSSR count). The van der Waals surface area contributed by atoms with Crippen LogP contribution in [0.3, 0.4) is 0 Å². The number of nitrogens with one attached hydrogen (secondary N) is 1. The number of benzene rings is 1. The van der Waals surface area contributed by atoms with Gasteiger partial charge in [-0.05, 0) is 24.6 Å². The van der Waals surface area contributed by atoms with Crippen LogP contribution in [0.15, 0.2) is 18.2 Å². The summed E-state index contributed by atoms with van der Waals surface area (Å²) in [5.74, 6) is 3.48. The second kappa shape index (κ2) is 6.78. The monoisotopic (exact) mass is 289 g/mol. The van der Waals surface area contributed by atoms with Crippen molar-refractivity contribution in [3.63, 3.8) is 0 Å². The summed E-state index contributed by atoms with van der Waals surface area (Å²) >= 11 is 3.87. The largest absolute Gasteiger partial charge is 0.306 e. The van der Waals surface area contributed by atoms with Crippen molar-refractivity contribution in [2.45, 2.75) is 19.0 Å². The summed E-state index contributed by atoms with van der Waals surface area (Å²) in [6.07, 6.45) is 0. The lowest BCUT2D eigenvalue weighted by Gasteiger charge is -2.21. The normalized spacial score (nSPS) is 19.5. The van der Waals surface area contributed by atoms with Crippen LogP contribution in [0.25, 0.3) is 0 Å². The zero-order chi connectivity index (χ0) is 13.0. The number of thioether (sulfide) groups is 2. The van der Waals surface area contributed by atoms with Crippen molar-refractivity contribution in [3.05, 3.63) is 35.4 Å². The third-order valence-electron chi connectivity index (χ3n) is 2.88. The predicted octanol–water partition coefficient (Wildman–Crippen LogP) is 3.46. The van der Waals surface area contributed by atoms with E-state index in [1.165, 1.54) is 23.6 Å². The molecule has 18 heavy (non-hydrogen) atoms. The summed E-state index contributed by atoms with van der Waals surface area (Å²) in [7, 11) is 0. The molecule has 1 saturated heterocycles. The molecule has 0 saturated carbocycles. The van der Waals surface area contributed by atoms with E-state index in [-0.39, 0.29) is 6.04 Å². The fourth-order valence-corrected chi connectivity index (χ4v) is 4.41. The van der Waals surface area contributed by atoms with Crippen LogP contribution in [-0.2, 0) is 0 Å². The van der Waals surface area contributed by atoms with E-state index in [1.807, 2.05) is 30.4 Å². The lowest BCUT2D eigenvalue weighted by molar-refractivity contribution is 0.506. The van der Waals surface area contributed by atoms with Crippen LogP contribution in [0.2, 0.25) is 0 Å². The Morgan fingerprint density at radius 1 is 1.11 bits per heavy atom. The quantitative estimate of drug-likeness (QED) is 0.915. The number of halogens is 2. The molecule has 1 nitrogen and oxygen atoms in total. The van der Waals surface area contributed by atoms with E-state index < -0.39 is 11.6 Å². The first-order valence-electron chi connectivity index (χ1n) is 6.02. The van der Waals surface area contributed by atoms with Gasteiger partial charge in [-0.25, -0.2) is 8.78 Å². The average Bonchev–Trinajstić information content (AvgIpc) is 2.56. The molecule has 1 aliphatic heterocycles. The molecule has 1 heterocycles. The summed E-state index contributed by atoms with van der Waals surface area (Å²) in [5.41, 5.74) is 0.673. The van der Waals surface area contributed by atoms with Crippen molar-refractivity contribution in [2.24, 2.45) is 0 Å². The molecular weight excluding hydrogens is 272 g/mol. The van der Waals surface area contributed by atoms with Crippen molar-refractivity contribution >= 4 is 23.5 Å². The fraction of sp³-hybridized carbons (Fsp3) is 0.538. The lowest BCUT2D eigenvalue weighted by atomic mass is 10.1. The minimum absolute atomic E-state index is 0.0282. The SMILES string of the molecule is CC(NC1CSCCSC1)c1cc(F)cc(F)c1. The van der Waals surface area contributed by atoms with Crippen LogP contribution in [0, 0.1) is 11.6 Å². The number of hydrogen-bond acceptors (Lipinski definition) is 3. The molecule has 1 unspecified atom stereocenters. The lowest BCUT2D eigenvalue weighted by Crippen LogP contribution is -2.35. The van der Waals surface area contributed by atoms with Gasteiger partial charge in [0.1, 0.15) is 11.6 Å². The van der Waals surface area contributed by atoms with E-state index in [4.69, 9.17) is 0 Å². The van der Waals surface area contributed by atoms with Crippen LogP contribution in [0.1, 0.15) is 18.5 Å². The Bertz CT molecular complexity index is 372. The highest BCUT2D eigenvalue weighted by molar-refractivity contribution is 8.03. The van der Waals surface area contributed by atoms with Crippen molar-refractivity contribution in [1.82, 2.24) is 5.32 Å². The predicted molar refractivity (Wildman–Crippen MR) is 76.3 cm³/mol. The van der Waals surface area contributed by atoms with Gasteiger partial charge in [-0.2, -0.15) is 23.5 Å². The van der Waals surface area contributed by atoms with Gasteiger partial charge in [0.2, 0.25) is 0 Å². The molecule has 1 aromatic carbocycles. The molecule has 1 fully saturated rings. The molecule has 0 aromatic heterocycles. The molecule has 0 aliphatic carbocycles. The van der Waals surface area contributed by atoms with Gasteiger partial charge in [0.15, 0.2) is 0 Å². The summed E-state index contributed by atoms with van der Waals surface area (Å²) < 4.78 is 26.3. The minimum atomic E-state index is -0.511. The molecule has 5 heteroatoms. The van der Waals surface area contributed by atoms with Gasteiger partial charge < -0.3 is 5.32 Å². The molecule has 1 aliphatic rings. The van der Waals surface area contributed by atoms with Crippen LogP contribution in [0.4, 0.5) is 8.78 Å². The van der Waals surface area contributed by atoms with Crippen LogP contribution in [-0.4, -0.2) is 29.1 Å². The first kappa shape index (κ1) is 14.2. The molecular formula is C13H17F2NS2. The summed E-state index contributed by atoms with van der Waals surface area (Å²) in [6, 6.07) is 4.09. The standard InChI is InChI=1S/C13H17F2NS2/c1-9(10-4-11(14)6-12(15)5-10)16-13-7-17-2-3-18-8-13/h4-6,9,13,16H,2-3,7-8H2,1H3. The first-order chi connectivity index (χ1) is 8.65. The highest BCUT2D eigenvalue weighted by atomic mass is 32.2. The molecule has 0 amide bonds. The highest BCUT2D eigenvalue weighted by Gasteiger charge is 2.16. The Kier molecular flexibility index (Phi) is 5.33. The average molecular weight is 289 g/mol. The van der Waals surface area contributed by atoms with Crippen LogP contribution >= 0.6 is 23.5 Å². The minimum Gasteiger partial charge on any atom is -0.306 e. The van der Waals surface area contributed by atoms with E-state index >= 15 is 0 Å². The maximum atomic E-state index is 13.2. The molecule has 0 bridgehead atoms. The topological polar surface area (TPSA) is 12.0 Å². The second-order valence-electron chi connectivity index (χ2n) is 4.44. The Morgan fingerprint density at radius 3 is 2.22 bits per heavy atom. The van der Waals surface area contributed by atoms with Gasteiger partial charge in [-0.3, -0.25) is 0 Å². The zero-order valence-electron chi connectivity index (χ0n) is 10.3. The molecule has 100 valence electrons. The van der Waals surface area contributed by atoms with E-state index in [9.17, 15) is 8.78 Å².